The van der Waals surface area contributed by atoms with Gasteiger partial charge in [-0.05, 0) is 24.6 Å². The smallest absolute Gasteiger partial charge is 0.267 e. The maximum absolute atomic E-state index is 12.8. The maximum atomic E-state index is 12.8. The first-order valence-electron chi connectivity index (χ1n) is 10.2. The van der Waals surface area contributed by atoms with Gasteiger partial charge in [-0.2, -0.15) is 0 Å². The highest BCUT2D eigenvalue weighted by molar-refractivity contribution is 7.99. The summed E-state index contributed by atoms with van der Waals surface area (Å²) in [5.41, 5.74) is 1.22. The number of amides is 2. The predicted molar refractivity (Wildman–Crippen MR) is 117 cm³/mol. The van der Waals surface area contributed by atoms with Crippen molar-refractivity contribution in [3.05, 3.63) is 60.2 Å². The Morgan fingerprint density at radius 3 is 2.33 bits per heavy atom. The average molecular weight is 427 g/mol. The van der Waals surface area contributed by atoms with Crippen molar-refractivity contribution in [3.63, 3.8) is 0 Å². The summed E-state index contributed by atoms with van der Waals surface area (Å²) in [5.74, 6) is 2.13. The molecule has 0 radical (unpaired) electrons. The Morgan fingerprint density at radius 2 is 1.60 bits per heavy atom. The van der Waals surface area contributed by atoms with E-state index in [9.17, 15) is 9.59 Å². The van der Waals surface area contributed by atoms with Crippen molar-refractivity contribution >= 4 is 23.6 Å². The minimum atomic E-state index is -0.637. The molecule has 158 valence electrons. The molecule has 0 aliphatic carbocycles. The zero-order valence-electron chi connectivity index (χ0n) is 17.0. The summed E-state index contributed by atoms with van der Waals surface area (Å²) in [7, 11) is 0. The fourth-order valence-electron chi connectivity index (χ4n) is 3.62. The third kappa shape index (κ3) is 4.73. The van der Waals surface area contributed by atoms with Gasteiger partial charge in [0.1, 0.15) is 6.61 Å². The van der Waals surface area contributed by atoms with Crippen molar-refractivity contribution < 1.29 is 19.1 Å². The minimum absolute atomic E-state index is 0.0805. The van der Waals surface area contributed by atoms with Crippen molar-refractivity contribution in [2.45, 2.75) is 24.0 Å². The van der Waals surface area contributed by atoms with Gasteiger partial charge in [0.15, 0.2) is 11.5 Å². The van der Waals surface area contributed by atoms with Crippen LogP contribution >= 0.6 is 11.8 Å². The van der Waals surface area contributed by atoms with E-state index in [1.807, 2.05) is 48.2 Å². The maximum Gasteiger partial charge on any atom is 0.267 e. The number of thioether (sulfide) groups is 1. The number of hydrogen-bond donors (Lipinski definition) is 0. The molecule has 2 atom stereocenters. The summed E-state index contributed by atoms with van der Waals surface area (Å²) in [4.78, 5) is 29.3. The summed E-state index contributed by atoms with van der Waals surface area (Å²) in [6.07, 6.45) is -0.637. The van der Waals surface area contributed by atoms with E-state index in [2.05, 4.69) is 12.1 Å². The number of fused-ring (bicyclic) bond motifs is 1. The van der Waals surface area contributed by atoms with Gasteiger partial charge in [-0.15, -0.1) is 11.8 Å². The molecular weight excluding hydrogens is 400 g/mol. The van der Waals surface area contributed by atoms with Gasteiger partial charge in [0, 0.05) is 31.9 Å². The number of ether oxygens (including phenoxy) is 2. The van der Waals surface area contributed by atoms with Crippen molar-refractivity contribution in [1.82, 2.24) is 9.80 Å². The van der Waals surface area contributed by atoms with E-state index in [1.54, 1.807) is 22.7 Å². The zero-order chi connectivity index (χ0) is 20.9. The number of para-hydroxylation sites is 2. The van der Waals surface area contributed by atoms with Crippen LogP contribution in [0.2, 0.25) is 0 Å². The zero-order valence-corrected chi connectivity index (χ0v) is 17.8. The van der Waals surface area contributed by atoms with Crippen molar-refractivity contribution in [3.8, 4) is 11.5 Å². The van der Waals surface area contributed by atoms with Crippen LogP contribution in [0.25, 0.3) is 0 Å². The van der Waals surface area contributed by atoms with Crippen LogP contribution in [0.3, 0.4) is 0 Å². The van der Waals surface area contributed by atoms with Crippen molar-refractivity contribution in [2.75, 3.05) is 32.8 Å². The van der Waals surface area contributed by atoms with Gasteiger partial charge in [-0.25, -0.2) is 0 Å². The second-order valence-electron chi connectivity index (χ2n) is 7.45. The first-order valence-corrected chi connectivity index (χ1v) is 11.3. The van der Waals surface area contributed by atoms with E-state index in [0.29, 0.717) is 37.7 Å². The lowest BCUT2D eigenvalue weighted by Crippen LogP contribution is -2.56. The molecule has 7 heteroatoms. The molecule has 4 rings (SSSR count). The van der Waals surface area contributed by atoms with Gasteiger partial charge in [0.05, 0.1) is 5.25 Å². The van der Waals surface area contributed by atoms with Crippen LogP contribution < -0.4 is 9.47 Å². The highest BCUT2D eigenvalue weighted by Gasteiger charge is 2.34. The molecule has 2 aromatic carbocycles. The van der Waals surface area contributed by atoms with Crippen LogP contribution in [-0.4, -0.2) is 65.8 Å². The van der Waals surface area contributed by atoms with Crippen LogP contribution in [-0.2, 0) is 15.3 Å². The number of piperazine rings is 1. The topological polar surface area (TPSA) is 59.1 Å². The van der Waals surface area contributed by atoms with Crippen LogP contribution in [0.5, 0.6) is 11.5 Å². The standard InChI is InChI=1S/C23H26N2O4S/c1-17(30-16-18-7-3-2-4-8-18)22(26)24-11-13-25(14-12-24)23(27)21-15-28-19-9-5-6-10-20(19)29-21/h2-10,17,21H,11-16H2,1H3/t17-,21+/m1/s1. The molecule has 2 aliphatic heterocycles. The Morgan fingerprint density at radius 1 is 0.967 bits per heavy atom. The SMILES string of the molecule is C[C@@H](SCc1ccccc1)C(=O)N1CCN(C(=O)[C@@H]2COc3ccccc3O2)CC1. The Balaban J connectivity index is 1.25. The van der Waals surface area contributed by atoms with Gasteiger partial charge in [0.2, 0.25) is 12.0 Å². The molecule has 1 fully saturated rings. The van der Waals surface area contributed by atoms with E-state index in [4.69, 9.17) is 9.47 Å². The number of carbonyl (C=O) groups is 2. The van der Waals surface area contributed by atoms with Gasteiger partial charge in [-0.3, -0.25) is 9.59 Å². The molecule has 6 nitrogen and oxygen atoms in total. The predicted octanol–water partition coefficient (Wildman–Crippen LogP) is 2.82. The Labute approximate surface area is 181 Å². The first kappa shape index (κ1) is 20.6. The minimum Gasteiger partial charge on any atom is -0.485 e. The number of carbonyl (C=O) groups excluding carboxylic acids is 2. The molecule has 2 aromatic rings. The monoisotopic (exact) mass is 426 g/mol. The number of hydrogen-bond acceptors (Lipinski definition) is 5. The van der Waals surface area contributed by atoms with Gasteiger partial charge >= 0.3 is 0 Å². The highest BCUT2D eigenvalue weighted by atomic mass is 32.2. The highest BCUT2D eigenvalue weighted by Crippen LogP contribution is 2.31. The molecule has 30 heavy (non-hydrogen) atoms. The molecule has 1 saturated heterocycles. The molecule has 0 saturated carbocycles. The van der Waals surface area contributed by atoms with Gasteiger partial charge in [0.25, 0.3) is 5.91 Å². The number of benzene rings is 2. The lowest BCUT2D eigenvalue weighted by molar-refractivity contribution is -0.146. The molecule has 2 amide bonds. The van der Waals surface area contributed by atoms with Gasteiger partial charge in [-0.1, -0.05) is 42.5 Å². The lowest BCUT2D eigenvalue weighted by Gasteiger charge is -2.37. The third-order valence-electron chi connectivity index (χ3n) is 5.38. The van der Waals surface area contributed by atoms with Crippen molar-refractivity contribution in [1.29, 1.82) is 0 Å². The van der Waals surface area contributed by atoms with E-state index >= 15 is 0 Å². The molecule has 0 aromatic heterocycles. The van der Waals surface area contributed by atoms with E-state index < -0.39 is 6.10 Å². The van der Waals surface area contributed by atoms with Gasteiger partial charge < -0.3 is 19.3 Å². The largest absolute Gasteiger partial charge is 0.485 e. The second kappa shape index (κ2) is 9.43. The second-order valence-corrected chi connectivity index (χ2v) is 8.78. The van der Waals surface area contributed by atoms with Crippen LogP contribution in [0.1, 0.15) is 12.5 Å². The lowest BCUT2D eigenvalue weighted by atomic mass is 10.2. The first-order chi connectivity index (χ1) is 14.6. The van der Waals surface area contributed by atoms with Crippen LogP contribution in [0, 0.1) is 0 Å². The number of nitrogens with zero attached hydrogens (tertiary/aromatic N) is 2. The van der Waals surface area contributed by atoms with E-state index in [1.165, 1.54) is 5.56 Å². The molecule has 0 N–H and O–H groups in total. The molecular formula is C23H26N2O4S. The van der Waals surface area contributed by atoms with Crippen LogP contribution in [0.15, 0.2) is 54.6 Å². The normalized spacial score (nSPS) is 19.3. The molecule has 0 unspecified atom stereocenters. The number of rotatable bonds is 5. The summed E-state index contributed by atoms with van der Waals surface area (Å²) in [5, 5.41) is -0.112. The Bertz CT molecular complexity index is 884. The summed E-state index contributed by atoms with van der Waals surface area (Å²) >= 11 is 1.65. The fraction of sp³-hybridized carbons (Fsp3) is 0.391. The van der Waals surface area contributed by atoms with Crippen LogP contribution in [0.4, 0.5) is 0 Å². The van der Waals surface area contributed by atoms with E-state index in [0.717, 1.165) is 5.75 Å². The molecule has 0 spiro atoms. The summed E-state index contributed by atoms with van der Waals surface area (Å²) in [6, 6.07) is 17.5. The summed E-state index contributed by atoms with van der Waals surface area (Å²) < 4.78 is 11.5. The molecule has 0 bridgehead atoms. The third-order valence-corrected chi connectivity index (χ3v) is 6.58. The fourth-order valence-corrected chi connectivity index (χ4v) is 4.54. The molecule has 2 heterocycles. The quantitative estimate of drug-likeness (QED) is 0.736. The Kier molecular flexibility index (Phi) is 6.47. The Hall–Kier alpha value is -2.67. The summed E-state index contributed by atoms with van der Waals surface area (Å²) in [6.45, 7) is 4.29. The van der Waals surface area contributed by atoms with E-state index in [-0.39, 0.29) is 23.7 Å². The van der Waals surface area contributed by atoms with Crippen molar-refractivity contribution in [2.24, 2.45) is 0 Å². The molecule has 2 aliphatic rings. The average Bonchev–Trinajstić information content (AvgIpc) is 2.82.